The Morgan fingerprint density at radius 2 is 2.14 bits per heavy atom. The van der Waals surface area contributed by atoms with Crippen LogP contribution in [0.5, 0.6) is 5.75 Å². The standard InChI is InChI=1S/C19H20ClN3O4S/c1-27-18-5-4-13(20)8-16(18)19(24)23-11-12-7-14(23)9-17(12)22-28(25,26)15-3-2-6-21-10-15/h2-6,8,10,12,14,17,22H,7,9,11H2,1H3/t12-,14-,17-/m0/s1. The summed E-state index contributed by atoms with van der Waals surface area (Å²) in [6.45, 7) is 0.499. The molecule has 1 aliphatic carbocycles. The number of fused-ring (bicyclic) bond motifs is 2. The number of piperidine rings is 1. The van der Waals surface area contributed by atoms with Crippen LogP contribution in [-0.2, 0) is 10.0 Å². The summed E-state index contributed by atoms with van der Waals surface area (Å²) >= 11 is 6.05. The lowest BCUT2D eigenvalue weighted by Gasteiger charge is -2.32. The van der Waals surface area contributed by atoms with Gasteiger partial charge in [0.2, 0.25) is 10.0 Å². The molecule has 2 bridgehead atoms. The van der Waals surface area contributed by atoms with E-state index in [0.29, 0.717) is 29.3 Å². The van der Waals surface area contributed by atoms with Crippen LogP contribution in [0.25, 0.3) is 0 Å². The zero-order valence-electron chi connectivity index (χ0n) is 15.2. The molecule has 3 atom stereocenters. The molecule has 9 heteroatoms. The lowest BCUT2D eigenvalue weighted by molar-refractivity contribution is 0.0688. The third-order valence-corrected chi connectivity index (χ3v) is 7.16. The highest BCUT2D eigenvalue weighted by atomic mass is 35.5. The average Bonchev–Trinajstić information content (AvgIpc) is 3.28. The van der Waals surface area contributed by atoms with E-state index in [1.165, 1.54) is 25.6 Å². The van der Waals surface area contributed by atoms with Crippen molar-refractivity contribution in [2.75, 3.05) is 13.7 Å². The predicted molar refractivity (Wildman–Crippen MR) is 104 cm³/mol. The zero-order chi connectivity index (χ0) is 19.9. The van der Waals surface area contributed by atoms with E-state index in [-0.39, 0.29) is 28.8 Å². The molecule has 0 radical (unpaired) electrons. The first kappa shape index (κ1) is 19.2. The predicted octanol–water partition coefficient (Wildman–Crippen LogP) is 2.33. The van der Waals surface area contributed by atoms with E-state index in [2.05, 4.69) is 9.71 Å². The van der Waals surface area contributed by atoms with Crippen molar-refractivity contribution in [1.29, 1.82) is 0 Å². The first-order valence-electron chi connectivity index (χ1n) is 8.96. The fourth-order valence-corrected chi connectivity index (χ4v) is 5.57. The van der Waals surface area contributed by atoms with E-state index >= 15 is 0 Å². The topological polar surface area (TPSA) is 88.6 Å². The van der Waals surface area contributed by atoms with Crippen LogP contribution in [-0.4, -0.2) is 49.9 Å². The summed E-state index contributed by atoms with van der Waals surface area (Å²) in [6.07, 6.45) is 4.22. The Labute approximate surface area is 168 Å². The van der Waals surface area contributed by atoms with Crippen LogP contribution in [0.1, 0.15) is 23.2 Å². The Hall–Kier alpha value is -2.16. The molecule has 28 heavy (non-hydrogen) atoms. The highest BCUT2D eigenvalue weighted by molar-refractivity contribution is 7.89. The molecule has 0 unspecified atom stereocenters. The number of likely N-dealkylation sites (tertiary alicyclic amines) is 1. The van der Waals surface area contributed by atoms with Gasteiger partial charge in [0.1, 0.15) is 10.6 Å². The summed E-state index contributed by atoms with van der Waals surface area (Å²) in [5.74, 6) is 0.414. The quantitative estimate of drug-likeness (QED) is 0.800. The Kier molecular flexibility index (Phi) is 5.03. The number of pyridine rings is 1. The second-order valence-corrected chi connectivity index (χ2v) is 9.25. The first-order chi connectivity index (χ1) is 13.4. The van der Waals surface area contributed by atoms with Crippen LogP contribution in [0.3, 0.4) is 0 Å². The second-order valence-electron chi connectivity index (χ2n) is 7.10. The van der Waals surface area contributed by atoms with Gasteiger partial charge >= 0.3 is 0 Å². The van der Waals surface area contributed by atoms with Crippen LogP contribution in [0.15, 0.2) is 47.6 Å². The molecular formula is C19H20ClN3O4S. The Balaban J connectivity index is 1.47. The molecule has 148 valence electrons. The number of hydrogen-bond acceptors (Lipinski definition) is 5. The Morgan fingerprint density at radius 1 is 1.32 bits per heavy atom. The van der Waals surface area contributed by atoms with Gasteiger partial charge in [-0.25, -0.2) is 13.1 Å². The number of methoxy groups -OCH3 is 1. The SMILES string of the molecule is COc1ccc(Cl)cc1C(=O)N1C[C@@H]2C[C@H]1C[C@@H]2NS(=O)(=O)c1cccnc1. The van der Waals surface area contributed by atoms with Crippen molar-refractivity contribution in [2.24, 2.45) is 5.92 Å². The van der Waals surface area contributed by atoms with Crippen LogP contribution < -0.4 is 9.46 Å². The van der Waals surface area contributed by atoms with Crippen molar-refractivity contribution in [3.05, 3.63) is 53.3 Å². The average molecular weight is 422 g/mol. The van der Waals surface area contributed by atoms with E-state index in [1.807, 2.05) is 0 Å². The van der Waals surface area contributed by atoms with Gasteiger partial charge < -0.3 is 9.64 Å². The van der Waals surface area contributed by atoms with Gasteiger partial charge in [-0.05, 0) is 49.1 Å². The third kappa shape index (κ3) is 3.47. The van der Waals surface area contributed by atoms with Crippen molar-refractivity contribution in [3.8, 4) is 5.75 Å². The fourth-order valence-electron chi connectivity index (χ4n) is 4.12. The van der Waals surface area contributed by atoms with E-state index in [9.17, 15) is 13.2 Å². The van der Waals surface area contributed by atoms with Gasteiger partial charge in [-0.3, -0.25) is 9.78 Å². The molecule has 1 aliphatic heterocycles. The molecule has 1 N–H and O–H groups in total. The van der Waals surface area contributed by atoms with Crippen LogP contribution in [0.4, 0.5) is 0 Å². The number of benzene rings is 1. The minimum Gasteiger partial charge on any atom is -0.496 e. The molecule has 2 heterocycles. The summed E-state index contributed by atoms with van der Waals surface area (Å²) in [6, 6.07) is 7.86. The molecule has 1 amide bonds. The normalized spacial score (nSPS) is 23.8. The maximum absolute atomic E-state index is 13.0. The number of nitrogens with zero attached hydrogens (tertiary/aromatic N) is 2. The number of ether oxygens (including phenoxy) is 1. The molecule has 1 aromatic carbocycles. The van der Waals surface area contributed by atoms with Gasteiger partial charge in [0.15, 0.2) is 0 Å². The molecular weight excluding hydrogens is 402 g/mol. The first-order valence-corrected chi connectivity index (χ1v) is 10.8. The smallest absolute Gasteiger partial charge is 0.257 e. The summed E-state index contributed by atoms with van der Waals surface area (Å²) < 4.78 is 33.2. The molecule has 1 saturated heterocycles. The number of carbonyl (C=O) groups is 1. The fraction of sp³-hybridized carbons (Fsp3) is 0.368. The molecule has 4 rings (SSSR count). The summed E-state index contributed by atoms with van der Waals surface area (Å²) in [4.78, 5) is 18.8. The van der Waals surface area contributed by atoms with E-state index in [0.717, 1.165) is 6.42 Å². The third-order valence-electron chi connectivity index (χ3n) is 5.45. The van der Waals surface area contributed by atoms with Crippen molar-refractivity contribution < 1.29 is 17.9 Å². The number of sulfonamides is 1. The Bertz CT molecular complexity index is 999. The number of nitrogens with one attached hydrogen (secondary N) is 1. The van der Waals surface area contributed by atoms with E-state index < -0.39 is 10.0 Å². The maximum Gasteiger partial charge on any atom is 0.257 e. The number of halogens is 1. The maximum atomic E-state index is 13.0. The molecule has 1 saturated carbocycles. The molecule has 1 aromatic heterocycles. The van der Waals surface area contributed by atoms with Crippen LogP contribution in [0, 0.1) is 5.92 Å². The van der Waals surface area contributed by atoms with Crippen LogP contribution in [0.2, 0.25) is 5.02 Å². The number of amides is 1. The number of aromatic nitrogens is 1. The minimum absolute atomic E-state index is 0.0113. The van der Waals surface area contributed by atoms with Gasteiger partial charge in [-0.1, -0.05) is 11.6 Å². The lowest BCUT2D eigenvalue weighted by atomic mass is 10.0. The lowest BCUT2D eigenvalue weighted by Crippen LogP contribution is -2.47. The summed E-state index contributed by atoms with van der Waals surface area (Å²) in [5, 5.41) is 0.468. The summed E-state index contributed by atoms with van der Waals surface area (Å²) in [7, 11) is -2.11. The highest BCUT2D eigenvalue weighted by Gasteiger charge is 2.48. The largest absolute Gasteiger partial charge is 0.496 e. The molecule has 0 spiro atoms. The summed E-state index contributed by atoms with van der Waals surface area (Å²) in [5.41, 5.74) is 0.426. The van der Waals surface area contributed by atoms with Gasteiger partial charge in [-0.15, -0.1) is 0 Å². The van der Waals surface area contributed by atoms with E-state index in [1.54, 1.807) is 29.2 Å². The number of carbonyl (C=O) groups excluding carboxylic acids is 1. The van der Waals surface area contributed by atoms with Crippen LogP contribution >= 0.6 is 11.6 Å². The Morgan fingerprint density at radius 3 is 2.79 bits per heavy atom. The van der Waals surface area contributed by atoms with E-state index in [4.69, 9.17) is 16.3 Å². The van der Waals surface area contributed by atoms with Crippen molar-refractivity contribution >= 4 is 27.5 Å². The van der Waals surface area contributed by atoms with Gasteiger partial charge in [-0.2, -0.15) is 0 Å². The second kappa shape index (κ2) is 7.35. The number of hydrogen-bond donors (Lipinski definition) is 1. The molecule has 2 aromatic rings. The van der Waals surface area contributed by atoms with Crippen molar-refractivity contribution in [3.63, 3.8) is 0 Å². The highest BCUT2D eigenvalue weighted by Crippen LogP contribution is 2.40. The minimum atomic E-state index is -3.63. The van der Waals surface area contributed by atoms with Gasteiger partial charge in [0.25, 0.3) is 5.91 Å². The van der Waals surface area contributed by atoms with Gasteiger partial charge in [0, 0.05) is 36.0 Å². The molecule has 7 nitrogen and oxygen atoms in total. The van der Waals surface area contributed by atoms with Crippen molar-refractivity contribution in [1.82, 2.24) is 14.6 Å². The van der Waals surface area contributed by atoms with Crippen molar-refractivity contribution in [2.45, 2.75) is 29.8 Å². The zero-order valence-corrected chi connectivity index (χ0v) is 16.8. The molecule has 2 fully saturated rings. The molecule has 2 aliphatic rings. The monoisotopic (exact) mass is 421 g/mol. The number of rotatable bonds is 5. The van der Waals surface area contributed by atoms with Gasteiger partial charge in [0.05, 0.1) is 12.7 Å².